The van der Waals surface area contributed by atoms with Gasteiger partial charge in [0.25, 0.3) is 0 Å². The largest absolute Gasteiger partial charge is 0.382 e. The number of ether oxygens (including phenoxy) is 2. The summed E-state index contributed by atoms with van der Waals surface area (Å²) in [6, 6.07) is 4.53. The van der Waals surface area contributed by atoms with E-state index >= 15 is 0 Å². The van der Waals surface area contributed by atoms with E-state index in [2.05, 4.69) is 15.9 Å². The second kappa shape index (κ2) is 6.11. The highest BCUT2D eigenvalue weighted by molar-refractivity contribution is 9.10. The Bertz CT molecular complexity index is 291. The number of rotatable bonds is 5. The third-order valence-electron chi connectivity index (χ3n) is 1.70. The first-order valence-corrected chi connectivity index (χ1v) is 5.04. The SMILES string of the molecule is COCCOCc1cc(F)ccc1Br. The summed E-state index contributed by atoms with van der Waals surface area (Å²) < 4.78 is 23.8. The Kier molecular flexibility index (Phi) is 5.07. The van der Waals surface area contributed by atoms with Gasteiger partial charge >= 0.3 is 0 Å². The molecule has 0 radical (unpaired) electrons. The van der Waals surface area contributed by atoms with Gasteiger partial charge in [0.05, 0.1) is 19.8 Å². The Hall–Kier alpha value is -0.450. The molecule has 1 aromatic carbocycles. The van der Waals surface area contributed by atoms with Gasteiger partial charge in [-0.3, -0.25) is 0 Å². The molecule has 0 saturated heterocycles. The van der Waals surface area contributed by atoms with Crippen LogP contribution in [0.25, 0.3) is 0 Å². The summed E-state index contributed by atoms with van der Waals surface area (Å²) in [5, 5.41) is 0. The Morgan fingerprint density at radius 1 is 1.36 bits per heavy atom. The van der Waals surface area contributed by atoms with Crippen molar-refractivity contribution >= 4 is 15.9 Å². The van der Waals surface area contributed by atoms with E-state index in [1.807, 2.05) is 0 Å². The molecule has 0 aromatic heterocycles. The van der Waals surface area contributed by atoms with E-state index in [9.17, 15) is 4.39 Å². The van der Waals surface area contributed by atoms with Gasteiger partial charge < -0.3 is 9.47 Å². The zero-order chi connectivity index (χ0) is 10.4. The van der Waals surface area contributed by atoms with Crippen LogP contribution in [-0.4, -0.2) is 20.3 Å². The number of methoxy groups -OCH3 is 1. The summed E-state index contributed by atoms with van der Waals surface area (Å²) in [5.74, 6) is -0.251. The summed E-state index contributed by atoms with van der Waals surface area (Å²) in [7, 11) is 1.61. The average Bonchev–Trinajstić information content (AvgIpc) is 2.18. The fourth-order valence-corrected chi connectivity index (χ4v) is 1.34. The van der Waals surface area contributed by atoms with Crippen molar-refractivity contribution in [3.05, 3.63) is 34.1 Å². The first-order chi connectivity index (χ1) is 6.74. The van der Waals surface area contributed by atoms with E-state index in [4.69, 9.17) is 9.47 Å². The van der Waals surface area contributed by atoms with Crippen molar-refractivity contribution in [1.29, 1.82) is 0 Å². The van der Waals surface area contributed by atoms with E-state index in [1.165, 1.54) is 12.1 Å². The maximum Gasteiger partial charge on any atom is 0.123 e. The molecule has 0 spiro atoms. The lowest BCUT2D eigenvalue weighted by atomic mass is 10.2. The highest BCUT2D eigenvalue weighted by Gasteiger charge is 2.01. The predicted octanol–water partition coefficient (Wildman–Crippen LogP) is 2.75. The first kappa shape index (κ1) is 11.6. The summed E-state index contributed by atoms with van der Waals surface area (Å²) in [6.07, 6.45) is 0. The Morgan fingerprint density at radius 3 is 2.86 bits per heavy atom. The lowest BCUT2D eigenvalue weighted by Gasteiger charge is -2.05. The molecule has 0 aliphatic carbocycles. The molecule has 0 aliphatic heterocycles. The van der Waals surface area contributed by atoms with Gasteiger partial charge in [0, 0.05) is 11.6 Å². The zero-order valence-electron chi connectivity index (χ0n) is 7.93. The number of hydrogen-bond donors (Lipinski definition) is 0. The van der Waals surface area contributed by atoms with Gasteiger partial charge in [0.2, 0.25) is 0 Å². The molecule has 0 saturated carbocycles. The van der Waals surface area contributed by atoms with Crippen LogP contribution in [0.2, 0.25) is 0 Å². The van der Waals surface area contributed by atoms with Crippen molar-refractivity contribution in [2.45, 2.75) is 6.61 Å². The molecule has 14 heavy (non-hydrogen) atoms. The van der Waals surface area contributed by atoms with Crippen LogP contribution in [-0.2, 0) is 16.1 Å². The maximum atomic E-state index is 12.8. The van der Waals surface area contributed by atoms with Crippen molar-refractivity contribution < 1.29 is 13.9 Å². The molecule has 4 heteroatoms. The average molecular weight is 263 g/mol. The first-order valence-electron chi connectivity index (χ1n) is 4.24. The zero-order valence-corrected chi connectivity index (χ0v) is 9.51. The number of halogens is 2. The molecular formula is C10H12BrFO2. The smallest absolute Gasteiger partial charge is 0.123 e. The minimum Gasteiger partial charge on any atom is -0.382 e. The standard InChI is InChI=1S/C10H12BrFO2/c1-13-4-5-14-7-8-6-9(12)2-3-10(8)11/h2-3,6H,4-5,7H2,1H3. The Morgan fingerprint density at radius 2 is 2.14 bits per heavy atom. The van der Waals surface area contributed by atoms with Crippen LogP contribution in [0.15, 0.2) is 22.7 Å². The van der Waals surface area contributed by atoms with Gasteiger partial charge in [-0.25, -0.2) is 4.39 Å². The normalized spacial score (nSPS) is 10.5. The van der Waals surface area contributed by atoms with Gasteiger partial charge in [-0.1, -0.05) is 15.9 Å². The van der Waals surface area contributed by atoms with E-state index < -0.39 is 0 Å². The monoisotopic (exact) mass is 262 g/mol. The van der Waals surface area contributed by atoms with Crippen molar-refractivity contribution in [3.63, 3.8) is 0 Å². The van der Waals surface area contributed by atoms with Gasteiger partial charge in [-0.05, 0) is 23.8 Å². The molecule has 0 atom stereocenters. The minimum atomic E-state index is -0.251. The molecule has 1 rings (SSSR count). The van der Waals surface area contributed by atoms with Crippen molar-refractivity contribution in [2.24, 2.45) is 0 Å². The molecule has 0 unspecified atom stereocenters. The van der Waals surface area contributed by atoms with Gasteiger partial charge in [0.15, 0.2) is 0 Å². The lowest BCUT2D eigenvalue weighted by Crippen LogP contribution is -2.02. The maximum absolute atomic E-state index is 12.8. The quantitative estimate of drug-likeness (QED) is 0.760. The third kappa shape index (κ3) is 3.74. The molecule has 0 bridgehead atoms. The Balaban J connectivity index is 2.45. The predicted molar refractivity (Wildman–Crippen MR) is 55.6 cm³/mol. The highest BCUT2D eigenvalue weighted by atomic mass is 79.9. The van der Waals surface area contributed by atoms with Crippen molar-refractivity contribution in [3.8, 4) is 0 Å². The molecule has 0 N–H and O–H groups in total. The van der Waals surface area contributed by atoms with Crippen LogP contribution in [0.4, 0.5) is 4.39 Å². The summed E-state index contributed by atoms with van der Waals surface area (Å²) >= 11 is 3.32. The molecule has 0 heterocycles. The van der Waals surface area contributed by atoms with Crippen molar-refractivity contribution in [2.75, 3.05) is 20.3 Å². The number of hydrogen-bond acceptors (Lipinski definition) is 2. The summed E-state index contributed by atoms with van der Waals surface area (Å²) in [5.41, 5.74) is 0.807. The summed E-state index contributed by atoms with van der Waals surface area (Å²) in [4.78, 5) is 0. The summed E-state index contributed by atoms with van der Waals surface area (Å²) in [6.45, 7) is 1.45. The van der Waals surface area contributed by atoms with Gasteiger partial charge in [-0.2, -0.15) is 0 Å². The fourth-order valence-electron chi connectivity index (χ4n) is 0.978. The Labute approximate surface area is 91.2 Å². The van der Waals surface area contributed by atoms with E-state index in [-0.39, 0.29) is 5.82 Å². The molecule has 78 valence electrons. The molecular weight excluding hydrogens is 251 g/mol. The van der Waals surface area contributed by atoms with Crippen LogP contribution < -0.4 is 0 Å². The third-order valence-corrected chi connectivity index (χ3v) is 2.47. The van der Waals surface area contributed by atoms with Crippen LogP contribution in [0.1, 0.15) is 5.56 Å². The molecule has 2 nitrogen and oxygen atoms in total. The van der Waals surface area contributed by atoms with Crippen LogP contribution in [0, 0.1) is 5.82 Å². The minimum absolute atomic E-state index is 0.251. The second-order valence-electron chi connectivity index (χ2n) is 2.78. The van der Waals surface area contributed by atoms with Gasteiger partial charge in [-0.15, -0.1) is 0 Å². The van der Waals surface area contributed by atoms with Crippen LogP contribution >= 0.6 is 15.9 Å². The van der Waals surface area contributed by atoms with E-state index in [1.54, 1.807) is 13.2 Å². The molecule has 0 amide bonds. The topological polar surface area (TPSA) is 18.5 Å². The number of benzene rings is 1. The van der Waals surface area contributed by atoms with E-state index in [0.717, 1.165) is 10.0 Å². The molecule has 1 aromatic rings. The van der Waals surface area contributed by atoms with Crippen molar-refractivity contribution in [1.82, 2.24) is 0 Å². The fraction of sp³-hybridized carbons (Fsp3) is 0.400. The van der Waals surface area contributed by atoms with E-state index in [0.29, 0.717) is 19.8 Å². The molecule has 0 aliphatic rings. The lowest BCUT2D eigenvalue weighted by molar-refractivity contribution is 0.0613. The molecule has 0 fully saturated rings. The van der Waals surface area contributed by atoms with Crippen LogP contribution in [0.3, 0.4) is 0 Å². The van der Waals surface area contributed by atoms with Crippen LogP contribution in [0.5, 0.6) is 0 Å². The van der Waals surface area contributed by atoms with Gasteiger partial charge in [0.1, 0.15) is 5.82 Å². The second-order valence-corrected chi connectivity index (χ2v) is 3.64. The highest BCUT2D eigenvalue weighted by Crippen LogP contribution is 2.18.